The number of nitrogens with one attached hydrogen (secondary N) is 1. The Labute approximate surface area is 147 Å². The largest absolute Gasteiger partial charge is 0.469 e. The van der Waals surface area contributed by atoms with E-state index in [4.69, 9.17) is 9.15 Å². The van der Waals surface area contributed by atoms with Crippen molar-refractivity contribution < 1.29 is 13.9 Å². The maximum Gasteiger partial charge on any atom is 0.274 e. The lowest BCUT2D eigenvalue weighted by Gasteiger charge is -2.34. The number of nitrogens with zero attached hydrogens (tertiary/aromatic N) is 2. The summed E-state index contributed by atoms with van der Waals surface area (Å²) < 4.78 is 10.6. The van der Waals surface area contributed by atoms with Crippen molar-refractivity contribution in [3.8, 4) is 0 Å². The third-order valence-electron chi connectivity index (χ3n) is 4.36. The van der Waals surface area contributed by atoms with Gasteiger partial charge in [-0.15, -0.1) is 0 Å². The summed E-state index contributed by atoms with van der Waals surface area (Å²) in [5.74, 6) is 0.317. The van der Waals surface area contributed by atoms with Gasteiger partial charge in [-0.2, -0.15) is 5.10 Å². The van der Waals surface area contributed by atoms with Gasteiger partial charge in [-0.25, -0.2) is 5.43 Å². The Kier molecular flexibility index (Phi) is 5.63. The average Bonchev–Trinajstić information content (AvgIpc) is 3.08. The summed E-state index contributed by atoms with van der Waals surface area (Å²) in [4.78, 5) is 14.6. The van der Waals surface area contributed by atoms with Gasteiger partial charge in [0.15, 0.2) is 0 Å². The number of hydrogen-bond donors (Lipinski definition) is 1. The second-order valence-corrected chi connectivity index (χ2v) is 6.05. The number of carbonyl (C=O) groups excluding carboxylic acids is 1. The fourth-order valence-electron chi connectivity index (χ4n) is 3.07. The highest BCUT2D eigenvalue weighted by Crippen LogP contribution is 2.23. The van der Waals surface area contributed by atoms with Crippen LogP contribution >= 0.6 is 0 Å². The molecule has 1 aromatic carbocycles. The number of ether oxygens (including phenoxy) is 1. The summed E-state index contributed by atoms with van der Waals surface area (Å²) in [5, 5.41) is 4.37. The van der Waals surface area contributed by atoms with Gasteiger partial charge in [-0.3, -0.25) is 9.69 Å². The molecule has 25 heavy (non-hydrogen) atoms. The number of benzene rings is 1. The Morgan fingerprint density at radius 3 is 2.56 bits per heavy atom. The summed E-state index contributed by atoms with van der Waals surface area (Å²) in [6.07, 6.45) is 1.50. The maximum absolute atomic E-state index is 12.3. The molecule has 1 aliphatic heterocycles. The minimum Gasteiger partial charge on any atom is -0.469 e. The standard InChI is InChI=1S/C19H23N3O3/c1-14(20-21-19(23)17-8-11-25-15(17)2)18(16-6-4-3-5-7-16)22-9-12-24-13-10-22/h3-8,11,18H,9-10,12-13H2,1-2H3,(H,21,23)/b20-14-/t18-/m0/s1. The van der Waals surface area contributed by atoms with E-state index in [1.54, 1.807) is 13.0 Å². The number of rotatable bonds is 5. The molecule has 1 aromatic heterocycles. The van der Waals surface area contributed by atoms with Crippen LogP contribution in [0.4, 0.5) is 0 Å². The van der Waals surface area contributed by atoms with Crippen molar-refractivity contribution in [3.63, 3.8) is 0 Å². The van der Waals surface area contributed by atoms with Gasteiger partial charge in [-0.05, 0) is 25.5 Å². The molecule has 0 saturated carbocycles. The maximum atomic E-state index is 12.3. The highest BCUT2D eigenvalue weighted by atomic mass is 16.5. The molecular formula is C19H23N3O3. The van der Waals surface area contributed by atoms with Crippen LogP contribution in [0.2, 0.25) is 0 Å². The molecule has 0 aliphatic carbocycles. The lowest BCUT2D eigenvalue weighted by atomic mass is 10.0. The van der Waals surface area contributed by atoms with Crippen molar-refractivity contribution in [3.05, 3.63) is 59.5 Å². The second kappa shape index (κ2) is 8.09. The topological polar surface area (TPSA) is 67.1 Å². The predicted octanol–water partition coefficient (Wildman–Crippen LogP) is 2.77. The molecule has 0 spiro atoms. The molecule has 1 aliphatic rings. The van der Waals surface area contributed by atoms with Crippen molar-refractivity contribution in [2.45, 2.75) is 19.9 Å². The molecule has 6 nitrogen and oxygen atoms in total. The first-order chi connectivity index (χ1) is 12.2. The molecule has 1 fully saturated rings. The van der Waals surface area contributed by atoms with E-state index in [1.807, 2.05) is 25.1 Å². The Morgan fingerprint density at radius 2 is 1.92 bits per heavy atom. The SMILES string of the molecule is C/C(=N/NC(=O)c1ccoc1C)[C@@H](c1ccccc1)N1CCOCC1. The monoisotopic (exact) mass is 341 g/mol. The van der Waals surface area contributed by atoms with Gasteiger partial charge in [0.25, 0.3) is 5.91 Å². The first-order valence-electron chi connectivity index (χ1n) is 8.42. The van der Waals surface area contributed by atoms with Gasteiger partial charge in [-0.1, -0.05) is 30.3 Å². The molecule has 6 heteroatoms. The molecule has 1 N–H and O–H groups in total. The van der Waals surface area contributed by atoms with E-state index in [2.05, 4.69) is 27.6 Å². The molecular weight excluding hydrogens is 318 g/mol. The lowest BCUT2D eigenvalue weighted by molar-refractivity contribution is 0.0285. The molecule has 1 amide bonds. The van der Waals surface area contributed by atoms with Crippen LogP contribution in [0.3, 0.4) is 0 Å². The fourth-order valence-corrected chi connectivity index (χ4v) is 3.07. The highest BCUT2D eigenvalue weighted by Gasteiger charge is 2.25. The second-order valence-electron chi connectivity index (χ2n) is 6.05. The first-order valence-corrected chi connectivity index (χ1v) is 8.42. The van der Waals surface area contributed by atoms with Crippen molar-refractivity contribution in [2.75, 3.05) is 26.3 Å². The molecule has 0 unspecified atom stereocenters. The zero-order chi connectivity index (χ0) is 17.6. The number of hydrazone groups is 1. The van der Waals surface area contributed by atoms with Crippen LogP contribution < -0.4 is 5.43 Å². The average molecular weight is 341 g/mol. The minimum atomic E-state index is -0.264. The van der Waals surface area contributed by atoms with Crippen LogP contribution in [0.5, 0.6) is 0 Å². The molecule has 1 atom stereocenters. The van der Waals surface area contributed by atoms with Crippen molar-refractivity contribution in [2.24, 2.45) is 5.10 Å². The van der Waals surface area contributed by atoms with Crippen molar-refractivity contribution in [1.29, 1.82) is 0 Å². The van der Waals surface area contributed by atoms with Crippen molar-refractivity contribution >= 4 is 11.6 Å². The third-order valence-corrected chi connectivity index (χ3v) is 4.36. The zero-order valence-electron chi connectivity index (χ0n) is 14.6. The quantitative estimate of drug-likeness (QED) is 0.671. The number of amides is 1. The van der Waals surface area contributed by atoms with E-state index in [0.717, 1.165) is 24.4 Å². The molecule has 3 rings (SSSR count). The van der Waals surface area contributed by atoms with Crippen LogP contribution in [0.1, 0.15) is 34.6 Å². The number of hydrogen-bond acceptors (Lipinski definition) is 5. The molecule has 2 aromatic rings. The molecule has 132 valence electrons. The van der Waals surface area contributed by atoms with Crippen molar-refractivity contribution in [1.82, 2.24) is 10.3 Å². The summed E-state index contributed by atoms with van der Waals surface area (Å²) in [7, 11) is 0. The number of carbonyl (C=O) groups is 1. The zero-order valence-corrected chi connectivity index (χ0v) is 14.6. The van der Waals surface area contributed by atoms with E-state index in [-0.39, 0.29) is 11.9 Å². The van der Waals surface area contributed by atoms with Gasteiger partial charge in [0.05, 0.1) is 36.8 Å². The van der Waals surface area contributed by atoms with Gasteiger partial charge in [0.2, 0.25) is 0 Å². The lowest BCUT2D eigenvalue weighted by Crippen LogP contribution is -2.42. The number of aryl methyl sites for hydroxylation is 1. The van der Waals surface area contributed by atoms with E-state index in [1.165, 1.54) is 6.26 Å². The third kappa shape index (κ3) is 4.15. The van der Waals surface area contributed by atoms with E-state index >= 15 is 0 Å². The summed E-state index contributed by atoms with van der Waals surface area (Å²) >= 11 is 0. The minimum absolute atomic E-state index is 0.0100. The van der Waals surface area contributed by atoms with Gasteiger partial charge in [0.1, 0.15) is 5.76 Å². The first kappa shape index (κ1) is 17.4. The van der Waals surface area contributed by atoms with E-state index in [9.17, 15) is 4.79 Å². The van der Waals surface area contributed by atoms with Crippen LogP contribution in [-0.4, -0.2) is 42.8 Å². The Morgan fingerprint density at radius 1 is 1.20 bits per heavy atom. The highest BCUT2D eigenvalue weighted by molar-refractivity contribution is 5.96. The van der Waals surface area contributed by atoms with Crippen LogP contribution in [0, 0.1) is 6.92 Å². The van der Waals surface area contributed by atoms with E-state index in [0.29, 0.717) is 24.5 Å². The normalized spacial score (nSPS) is 17.3. The fraction of sp³-hybridized carbons (Fsp3) is 0.368. The predicted molar refractivity (Wildman–Crippen MR) is 95.6 cm³/mol. The smallest absolute Gasteiger partial charge is 0.274 e. The Bertz CT molecular complexity index is 733. The van der Waals surface area contributed by atoms with Gasteiger partial charge >= 0.3 is 0 Å². The Hall–Kier alpha value is -2.44. The Balaban J connectivity index is 1.79. The van der Waals surface area contributed by atoms with Crippen LogP contribution in [-0.2, 0) is 4.74 Å². The summed E-state index contributed by atoms with van der Waals surface area (Å²) in [5.41, 5.74) is 5.13. The summed E-state index contributed by atoms with van der Waals surface area (Å²) in [6, 6.07) is 11.9. The molecule has 0 bridgehead atoms. The van der Waals surface area contributed by atoms with Gasteiger partial charge < -0.3 is 9.15 Å². The molecule has 2 heterocycles. The number of furan rings is 1. The van der Waals surface area contributed by atoms with E-state index < -0.39 is 0 Å². The molecule has 1 saturated heterocycles. The number of morpholine rings is 1. The van der Waals surface area contributed by atoms with Gasteiger partial charge in [0, 0.05) is 13.1 Å². The summed E-state index contributed by atoms with van der Waals surface area (Å²) in [6.45, 7) is 6.78. The molecule has 0 radical (unpaired) electrons. The van der Waals surface area contributed by atoms with Crippen LogP contribution in [0.15, 0.2) is 52.2 Å². The van der Waals surface area contributed by atoms with Crippen LogP contribution in [0.25, 0.3) is 0 Å².